The lowest BCUT2D eigenvalue weighted by molar-refractivity contribution is -0.145. The largest absolute Gasteiger partial charge is 0.469 e. The second-order valence-corrected chi connectivity index (χ2v) is 7.75. The normalized spacial score (nSPS) is 14.5. The van der Waals surface area contributed by atoms with Crippen LogP contribution in [-0.2, 0) is 16.1 Å². The number of H-pyrrole nitrogens is 1. The van der Waals surface area contributed by atoms with Crippen LogP contribution in [0.3, 0.4) is 0 Å². The van der Waals surface area contributed by atoms with Crippen molar-refractivity contribution in [1.82, 2.24) is 19.4 Å². The lowest BCUT2D eigenvalue weighted by atomic mass is 10.1. The molecule has 1 amide bonds. The number of pyridine rings is 1. The number of fused-ring (bicyclic) bond motifs is 1. The highest BCUT2D eigenvalue weighted by atomic mass is 16.5. The molecule has 30 heavy (non-hydrogen) atoms. The van der Waals surface area contributed by atoms with E-state index < -0.39 is 23.1 Å². The highest BCUT2D eigenvalue weighted by Gasteiger charge is 2.30. The van der Waals surface area contributed by atoms with E-state index >= 15 is 0 Å². The molecular weight excluding hydrogens is 388 g/mol. The second-order valence-electron chi connectivity index (χ2n) is 7.75. The highest BCUT2D eigenvalue weighted by Crippen LogP contribution is 2.40. The summed E-state index contributed by atoms with van der Waals surface area (Å²) in [7, 11) is 1.31. The fourth-order valence-electron chi connectivity index (χ4n) is 3.61. The number of hydrogen-bond donors (Lipinski definition) is 1. The smallest absolute Gasteiger partial charge is 0.329 e. The van der Waals surface area contributed by atoms with Crippen molar-refractivity contribution in [2.45, 2.75) is 52.5 Å². The first-order valence-electron chi connectivity index (χ1n) is 10.4. The number of carbonyl (C=O) groups excluding carboxylic acids is 2. The predicted molar refractivity (Wildman–Crippen MR) is 112 cm³/mol. The maximum absolute atomic E-state index is 13.4. The van der Waals surface area contributed by atoms with E-state index in [2.05, 4.69) is 9.97 Å². The molecule has 9 nitrogen and oxygen atoms in total. The molecule has 1 saturated carbocycles. The molecule has 2 heterocycles. The third-order valence-corrected chi connectivity index (χ3v) is 5.41. The van der Waals surface area contributed by atoms with Gasteiger partial charge in [0.15, 0.2) is 5.65 Å². The minimum absolute atomic E-state index is 0.113. The molecule has 0 aliphatic heterocycles. The Morgan fingerprint density at radius 1 is 1.33 bits per heavy atom. The summed E-state index contributed by atoms with van der Waals surface area (Å²) in [4.78, 5) is 58.8. The second kappa shape index (κ2) is 8.81. The van der Waals surface area contributed by atoms with Crippen LogP contribution in [0.15, 0.2) is 15.7 Å². The Morgan fingerprint density at radius 3 is 2.60 bits per heavy atom. The Bertz CT molecular complexity index is 1080. The van der Waals surface area contributed by atoms with E-state index in [1.54, 1.807) is 13.0 Å². The molecule has 0 saturated heterocycles. The molecule has 1 N–H and O–H groups in total. The summed E-state index contributed by atoms with van der Waals surface area (Å²) in [6, 6.07) is 1.67. The number of aromatic nitrogens is 3. The van der Waals surface area contributed by atoms with Crippen molar-refractivity contribution in [3.8, 4) is 0 Å². The number of methoxy groups -OCH3 is 1. The van der Waals surface area contributed by atoms with Crippen LogP contribution in [0.2, 0.25) is 0 Å². The number of amides is 1. The van der Waals surface area contributed by atoms with Crippen molar-refractivity contribution >= 4 is 22.9 Å². The first-order chi connectivity index (χ1) is 14.3. The van der Waals surface area contributed by atoms with Crippen LogP contribution in [0, 0.1) is 5.92 Å². The maximum Gasteiger partial charge on any atom is 0.329 e. The Morgan fingerprint density at radius 2 is 2.03 bits per heavy atom. The van der Waals surface area contributed by atoms with Gasteiger partial charge < -0.3 is 9.64 Å². The summed E-state index contributed by atoms with van der Waals surface area (Å²) in [6.07, 6.45) is 2.60. The monoisotopic (exact) mass is 416 g/mol. The lowest BCUT2D eigenvalue weighted by Crippen LogP contribution is -2.38. The van der Waals surface area contributed by atoms with Crippen LogP contribution in [-0.4, -0.2) is 51.5 Å². The summed E-state index contributed by atoms with van der Waals surface area (Å²) in [5.74, 6) is -1.05. The van der Waals surface area contributed by atoms with Crippen LogP contribution < -0.4 is 11.2 Å². The van der Waals surface area contributed by atoms with Crippen molar-refractivity contribution in [1.29, 1.82) is 0 Å². The SMILES string of the molecule is CCCn1c(=O)[nH]c(=O)c2c(C(=O)N(CC)CC(C)C(=O)OC)cc(C3CC3)nc21. The highest BCUT2D eigenvalue weighted by molar-refractivity contribution is 6.05. The van der Waals surface area contributed by atoms with E-state index in [0.29, 0.717) is 19.5 Å². The third kappa shape index (κ3) is 4.15. The maximum atomic E-state index is 13.4. The Balaban J connectivity index is 2.17. The minimum atomic E-state index is -0.627. The van der Waals surface area contributed by atoms with E-state index in [0.717, 1.165) is 18.5 Å². The molecule has 0 aromatic carbocycles. The van der Waals surface area contributed by atoms with Crippen LogP contribution >= 0.6 is 0 Å². The number of aromatic amines is 1. The minimum Gasteiger partial charge on any atom is -0.469 e. The molecule has 0 bridgehead atoms. The zero-order chi connectivity index (χ0) is 22.0. The van der Waals surface area contributed by atoms with Gasteiger partial charge >= 0.3 is 11.7 Å². The summed E-state index contributed by atoms with van der Waals surface area (Å²) in [6.45, 7) is 6.33. The van der Waals surface area contributed by atoms with Gasteiger partial charge in [0.2, 0.25) is 0 Å². The molecule has 1 fully saturated rings. The average molecular weight is 416 g/mol. The summed E-state index contributed by atoms with van der Waals surface area (Å²) < 4.78 is 6.19. The first kappa shape index (κ1) is 21.7. The zero-order valence-electron chi connectivity index (χ0n) is 17.9. The third-order valence-electron chi connectivity index (χ3n) is 5.41. The van der Waals surface area contributed by atoms with Crippen LogP contribution in [0.25, 0.3) is 11.0 Å². The molecule has 3 rings (SSSR count). The molecule has 9 heteroatoms. The van der Waals surface area contributed by atoms with Crippen LogP contribution in [0.5, 0.6) is 0 Å². The number of nitrogens with one attached hydrogen (secondary N) is 1. The van der Waals surface area contributed by atoms with Gasteiger partial charge in [0.05, 0.1) is 24.0 Å². The van der Waals surface area contributed by atoms with Crippen molar-refractivity contribution in [2.24, 2.45) is 5.92 Å². The molecule has 1 atom stereocenters. The zero-order valence-corrected chi connectivity index (χ0v) is 17.9. The molecule has 0 spiro atoms. The summed E-state index contributed by atoms with van der Waals surface area (Å²) >= 11 is 0. The van der Waals surface area contributed by atoms with E-state index in [9.17, 15) is 19.2 Å². The molecule has 1 aliphatic carbocycles. The van der Waals surface area contributed by atoms with Crippen LogP contribution in [0.1, 0.15) is 62.0 Å². The fourth-order valence-corrected chi connectivity index (χ4v) is 3.61. The van der Waals surface area contributed by atoms with Gasteiger partial charge in [0.25, 0.3) is 11.5 Å². The fraction of sp³-hybridized carbons (Fsp3) is 0.571. The molecule has 162 valence electrons. The average Bonchev–Trinajstić information content (AvgIpc) is 3.58. The van der Waals surface area contributed by atoms with E-state index in [4.69, 9.17) is 4.74 Å². The molecule has 2 aromatic rings. The van der Waals surface area contributed by atoms with Crippen molar-refractivity contribution in [2.75, 3.05) is 20.2 Å². The van der Waals surface area contributed by atoms with E-state index in [-0.39, 0.29) is 35.0 Å². The van der Waals surface area contributed by atoms with Crippen molar-refractivity contribution in [3.63, 3.8) is 0 Å². The number of carbonyl (C=O) groups is 2. The van der Waals surface area contributed by atoms with Crippen molar-refractivity contribution < 1.29 is 14.3 Å². The molecule has 0 radical (unpaired) electrons. The number of hydrogen-bond acceptors (Lipinski definition) is 6. The number of esters is 1. The van der Waals surface area contributed by atoms with Crippen molar-refractivity contribution in [3.05, 3.63) is 38.2 Å². The molecule has 1 aliphatic rings. The standard InChI is InChI=1S/C21H28N4O5/c1-5-9-25-17-16(18(26)23-21(25)29)14(10-15(22-17)13-7-8-13)19(27)24(6-2)11-12(3)20(28)30-4/h10,12-13H,5-9,11H2,1-4H3,(H,23,26,29). The van der Waals surface area contributed by atoms with Crippen LogP contribution in [0.4, 0.5) is 0 Å². The quantitative estimate of drug-likeness (QED) is 0.655. The first-order valence-corrected chi connectivity index (χ1v) is 10.4. The molecule has 2 aromatic heterocycles. The van der Waals surface area contributed by atoms with E-state index in [1.807, 2.05) is 13.8 Å². The summed E-state index contributed by atoms with van der Waals surface area (Å²) in [5.41, 5.74) is 0.0255. The van der Waals surface area contributed by atoms with Gasteiger partial charge in [-0.05, 0) is 32.3 Å². The van der Waals surface area contributed by atoms with Gasteiger partial charge in [0, 0.05) is 31.2 Å². The van der Waals surface area contributed by atoms with Gasteiger partial charge in [0.1, 0.15) is 0 Å². The van der Waals surface area contributed by atoms with E-state index in [1.165, 1.54) is 16.6 Å². The van der Waals surface area contributed by atoms with Gasteiger partial charge in [-0.25, -0.2) is 9.78 Å². The number of nitrogens with zero attached hydrogens (tertiary/aromatic N) is 3. The summed E-state index contributed by atoms with van der Waals surface area (Å²) in [5, 5.41) is 0.113. The molecule has 1 unspecified atom stereocenters. The predicted octanol–water partition coefficient (Wildman–Crippen LogP) is 1.64. The number of rotatable bonds is 8. The Hall–Kier alpha value is -2.97. The Labute approximate surface area is 174 Å². The number of aryl methyl sites for hydroxylation is 1. The topological polar surface area (TPSA) is 114 Å². The van der Waals surface area contributed by atoms with Gasteiger partial charge in [-0.2, -0.15) is 0 Å². The lowest BCUT2D eigenvalue weighted by Gasteiger charge is -2.24. The van der Waals surface area contributed by atoms with Gasteiger partial charge in [-0.1, -0.05) is 13.8 Å². The van der Waals surface area contributed by atoms with Gasteiger partial charge in [-0.15, -0.1) is 0 Å². The molecular formula is C21H28N4O5. The Kier molecular flexibility index (Phi) is 6.38. The number of ether oxygens (including phenoxy) is 1. The van der Waals surface area contributed by atoms with Gasteiger partial charge in [-0.3, -0.25) is 23.9 Å².